The average Bonchev–Trinajstić information content (AvgIpc) is 2.68. The Morgan fingerprint density at radius 2 is 1.74 bits per heavy atom. The highest BCUT2D eigenvalue weighted by Crippen LogP contribution is 2.16. The number of pyridine rings is 1. The third-order valence-electron chi connectivity index (χ3n) is 4.71. The molecule has 1 fully saturated rings. The van der Waals surface area contributed by atoms with E-state index in [2.05, 4.69) is 4.90 Å². The molecule has 1 aromatic carbocycles. The molecule has 8 heteroatoms. The van der Waals surface area contributed by atoms with Gasteiger partial charge in [0.1, 0.15) is 12.5 Å². The van der Waals surface area contributed by atoms with Crippen LogP contribution in [0.4, 0.5) is 4.39 Å². The minimum Gasteiger partial charge on any atom is -0.503 e. The second-order valence-corrected chi connectivity index (χ2v) is 6.50. The highest BCUT2D eigenvalue weighted by Gasteiger charge is 2.19. The second-order valence-electron chi connectivity index (χ2n) is 6.50. The van der Waals surface area contributed by atoms with Gasteiger partial charge in [-0.05, 0) is 12.1 Å². The fourth-order valence-corrected chi connectivity index (χ4v) is 3.12. The minimum atomic E-state index is -0.534. The number of benzene rings is 1. The lowest BCUT2D eigenvalue weighted by atomic mass is 10.2. The van der Waals surface area contributed by atoms with E-state index >= 15 is 0 Å². The molecular formula is C19H22FN3O4. The van der Waals surface area contributed by atoms with Gasteiger partial charge in [-0.2, -0.15) is 0 Å². The first-order chi connectivity index (χ1) is 13.1. The van der Waals surface area contributed by atoms with Crippen LogP contribution in [0.25, 0.3) is 0 Å². The Morgan fingerprint density at radius 3 is 2.44 bits per heavy atom. The maximum atomic E-state index is 13.8. The van der Waals surface area contributed by atoms with Crippen LogP contribution in [0.1, 0.15) is 11.1 Å². The molecular weight excluding hydrogens is 353 g/mol. The number of piperazine rings is 1. The summed E-state index contributed by atoms with van der Waals surface area (Å²) < 4.78 is 19.8. The van der Waals surface area contributed by atoms with Gasteiger partial charge >= 0.3 is 0 Å². The Balaban J connectivity index is 1.65. The molecule has 144 valence electrons. The van der Waals surface area contributed by atoms with Crippen molar-refractivity contribution in [1.82, 2.24) is 14.4 Å². The molecule has 0 unspecified atom stereocenters. The maximum absolute atomic E-state index is 13.8. The van der Waals surface area contributed by atoms with Crippen LogP contribution in [-0.4, -0.2) is 58.9 Å². The van der Waals surface area contributed by atoms with Crippen LogP contribution in [-0.2, 0) is 22.6 Å². The lowest BCUT2D eigenvalue weighted by Crippen LogP contribution is -2.46. The van der Waals surface area contributed by atoms with E-state index < -0.39 is 5.56 Å². The first-order valence-electron chi connectivity index (χ1n) is 8.73. The van der Waals surface area contributed by atoms with E-state index in [1.54, 1.807) is 30.5 Å². The zero-order valence-electron chi connectivity index (χ0n) is 14.9. The monoisotopic (exact) mass is 375 g/mol. The number of hydrogen-bond donors (Lipinski definition) is 1. The number of carbonyl (C=O) groups is 1. The van der Waals surface area contributed by atoms with E-state index in [0.29, 0.717) is 24.1 Å². The van der Waals surface area contributed by atoms with Gasteiger partial charge in [-0.15, -0.1) is 0 Å². The third kappa shape index (κ3) is 4.72. The number of nitrogens with zero attached hydrogens (tertiary/aromatic N) is 3. The molecule has 0 aliphatic carbocycles. The van der Waals surface area contributed by atoms with Crippen LogP contribution >= 0.6 is 0 Å². The van der Waals surface area contributed by atoms with Crippen LogP contribution in [0.2, 0.25) is 0 Å². The summed E-state index contributed by atoms with van der Waals surface area (Å²) in [5.74, 6) is -0.690. The molecule has 1 aromatic heterocycles. The zero-order valence-corrected chi connectivity index (χ0v) is 14.9. The number of ether oxygens (including phenoxy) is 1. The number of aromatic nitrogens is 1. The molecule has 0 atom stereocenters. The summed E-state index contributed by atoms with van der Waals surface area (Å²) in [5, 5.41) is 10.3. The van der Waals surface area contributed by atoms with E-state index in [9.17, 15) is 19.1 Å². The molecule has 27 heavy (non-hydrogen) atoms. The van der Waals surface area contributed by atoms with Crippen molar-refractivity contribution >= 4 is 6.47 Å². The molecule has 0 spiro atoms. The summed E-state index contributed by atoms with van der Waals surface area (Å²) in [6.07, 6.45) is 1.58. The van der Waals surface area contributed by atoms with E-state index in [4.69, 9.17) is 4.74 Å². The lowest BCUT2D eigenvalue weighted by molar-refractivity contribution is -0.134. The fourth-order valence-electron chi connectivity index (χ4n) is 3.12. The van der Waals surface area contributed by atoms with E-state index in [1.165, 1.54) is 10.6 Å². The van der Waals surface area contributed by atoms with E-state index in [-0.39, 0.29) is 24.8 Å². The van der Waals surface area contributed by atoms with Crippen molar-refractivity contribution in [2.24, 2.45) is 0 Å². The Hall–Kier alpha value is -2.71. The first-order valence-corrected chi connectivity index (χ1v) is 8.73. The van der Waals surface area contributed by atoms with E-state index in [0.717, 1.165) is 26.2 Å². The largest absolute Gasteiger partial charge is 0.503 e. The topological polar surface area (TPSA) is 75.0 Å². The summed E-state index contributed by atoms with van der Waals surface area (Å²) in [5.41, 5.74) is 0.400. The smallest absolute Gasteiger partial charge is 0.294 e. The maximum Gasteiger partial charge on any atom is 0.294 e. The molecule has 7 nitrogen and oxygen atoms in total. The van der Waals surface area contributed by atoms with Gasteiger partial charge in [0.15, 0.2) is 5.75 Å². The predicted molar refractivity (Wildman–Crippen MR) is 96.7 cm³/mol. The molecule has 2 aromatic rings. The molecule has 2 heterocycles. The Kier molecular flexibility index (Phi) is 6.20. The molecule has 0 saturated carbocycles. The highest BCUT2D eigenvalue weighted by atomic mass is 19.1. The van der Waals surface area contributed by atoms with Gasteiger partial charge in [0, 0.05) is 50.0 Å². The van der Waals surface area contributed by atoms with Crippen molar-refractivity contribution in [1.29, 1.82) is 0 Å². The summed E-state index contributed by atoms with van der Waals surface area (Å²) >= 11 is 0. The van der Waals surface area contributed by atoms with Gasteiger partial charge in [0.05, 0.1) is 6.54 Å². The summed E-state index contributed by atoms with van der Waals surface area (Å²) in [6.45, 7) is 4.16. The van der Waals surface area contributed by atoms with Crippen molar-refractivity contribution in [3.05, 3.63) is 63.8 Å². The van der Waals surface area contributed by atoms with Crippen LogP contribution in [0.3, 0.4) is 0 Å². The van der Waals surface area contributed by atoms with Crippen molar-refractivity contribution in [2.75, 3.05) is 32.9 Å². The van der Waals surface area contributed by atoms with Crippen LogP contribution in [0.5, 0.6) is 5.75 Å². The predicted octanol–water partition coefficient (Wildman–Crippen LogP) is 0.989. The number of rotatable bonds is 7. The van der Waals surface area contributed by atoms with Crippen molar-refractivity contribution in [3.63, 3.8) is 0 Å². The number of aromatic hydroxyl groups is 1. The van der Waals surface area contributed by atoms with Gasteiger partial charge in [-0.25, -0.2) is 4.39 Å². The summed E-state index contributed by atoms with van der Waals surface area (Å²) in [6, 6.07) is 7.94. The third-order valence-corrected chi connectivity index (χ3v) is 4.71. The van der Waals surface area contributed by atoms with Crippen molar-refractivity contribution < 1.29 is 19.0 Å². The summed E-state index contributed by atoms with van der Waals surface area (Å²) in [7, 11) is 0. The Bertz CT molecular complexity index is 847. The van der Waals surface area contributed by atoms with Gasteiger partial charge in [0.2, 0.25) is 0 Å². The normalized spacial score (nSPS) is 15.6. The molecule has 0 amide bonds. The second kappa shape index (κ2) is 8.79. The highest BCUT2D eigenvalue weighted by molar-refractivity contribution is 5.36. The molecule has 1 saturated heterocycles. The van der Waals surface area contributed by atoms with E-state index in [1.807, 2.05) is 4.90 Å². The van der Waals surface area contributed by atoms with Gasteiger partial charge in [-0.3, -0.25) is 19.4 Å². The standard InChI is InChI=1S/C19H22FN3O4/c20-17-4-2-1-3-15(17)12-23-6-5-16(18(25)19(23)26)11-21-7-9-22(10-8-21)13-27-14-24/h1-6,14,25H,7-13H2. The van der Waals surface area contributed by atoms with Crippen LogP contribution in [0.15, 0.2) is 41.3 Å². The molecule has 3 rings (SSSR count). The van der Waals surface area contributed by atoms with Gasteiger partial charge in [-0.1, -0.05) is 18.2 Å². The minimum absolute atomic E-state index is 0.0642. The fraction of sp³-hybridized carbons (Fsp3) is 0.368. The van der Waals surface area contributed by atoms with Crippen molar-refractivity contribution in [2.45, 2.75) is 13.1 Å². The number of carbonyl (C=O) groups excluding carboxylic acids is 1. The average molecular weight is 375 g/mol. The zero-order chi connectivity index (χ0) is 19.2. The summed E-state index contributed by atoms with van der Waals surface area (Å²) in [4.78, 5) is 26.8. The van der Waals surface area contributed by atoms with Crippen molar-refractivity contribution in [3.8, 4) is 5.75 Å². The van der Waals surface area contributed by atoms with Crippen LogP contribution < -0.4 is 5.56 Å². The lowest BCUT2D eigenvalue weighted by Gasteiger charge is -2.33. The van der Waals surface area contributed by atoms with Gasteiger partial charge in [0.25, 0.3) is 12.0 Å². The number of hydrogen-bond acceptors (Lipinski definition) is 6. The Morgan fingerprint density at radius 1 is 1.04 bits per heavy atom. The number of halogens is 1. The molecule has 0 radical (unpaired) electrons. The quantitative estimate of drug-likeness (QED) is 0.728. The molecule has 1 N–H and O–H groups in total. The Labute approximate surface area is 156 Å². The van der Waals surface area contributed by atoms with Gasteiger partial charge < -0.3 is 14.4 Å². The SMILES string of the molecule is O=COCN1CCN(Cc2ccn(Cc3ccccc3F)c(=O)c2O)CC1. The molecule has 1 aliphatic rings. The van der Waals surface area contributed by atoms with Crippen LogP contribution in [0, 0.1) is 5.82 Å². The molecule has 0 bridgehead atoms. The first kappa shape index (κ1) is 19.1. The molecule has 1 aliphatic heterocycles.